The number of fused-ring (bicyclic) bond motifs is 1. The fourth-order valence-electron chi connectivity index (χ4n) is 5.00. The molecule has 2 atom stereocenters. The van der Waals surface area contributed by atoms with E-state index in [0.717, 1.165) is 4.57 Å². The standard InChI is InChI=1S/C20H30N6O5.ClH/c1-19(30)11-20(5-8-25(9-6-20)14(27)4-7-21)31-10-13(19)26-12-22-16-15(26)17(28)24(3)18(29)23(16)2;/h12-13,30H,4-11,21H2,1-3H3;1H/t13-,19-;/m1./s1. The summed E-state index contributed by atoms with van der Waals surface area (Å²) in [5, 5.41) is 11.4. The first-order valence-corrected chi connectivity index (χ1v) is 10.6. The molecule has 2 aromatic heterocycles. The van der Waals surface area contributed by atoms with Crippen molar-refractivity contribution in [3.8, 4) is 0 Å². The molecular formula is C20H31ClN6O5. The van der Waals surface area contributed by atoms with Gasteiger partial charge >= 0.3 is 5.69 Å². The summed E-state index contributed by atoms with van der Waals surface area (Å²) in [6.45, 7) is 3.40. The summed E-state index contributed by atoms with van der Waals surface area (Å²) in [5.74, 6) is 0.0455. The van der Waals surface area contributed by atoms with Crippen LogP contribution in [0.3, 0.4) is 0 Å². The molecule has 0 saturated carbocycles. The van der Waals surface area contributed by atoms with Crippen LogP contribution in [0.25, 0.3) is 11.2 Å². The van der Waals surface area contributed by atoms with Crippen LogP contribution in [-0.2, 0) is 23.6 Å². The summed E-state index contributed by atoms with van der Waals surface area (Å²) >= 11 is 0. The van der Waals surface area contributed by atoms with E-state index in [1.807, 2.05) is 0 Å². The van der Waals surface area contributed by atoms with Crippen LogP contribution in [0.1, 0.15) is 38.6 Å². The zero-order valence-corrected chi connectivity index (χ0v) is 19.4. The van der Waals surface area contributed by atoms with E-state index in [0.29, 0.717) is 45.3 Å². The molecule has 178 valence electrons. The third kappa shape index (κ3) is 3.87. The monoisotopic (exact) mass is 470 g/mol. The third-order valence-corrected chi connectivity index (χ3v) is 6.84. The van der Waals surface area contributed by atoms with Gasteiger partial charge in [0.05, 0.1) is 30.2 Å². The van der Waals surface area contributed by atoms with Crippen LogP contribution >= 0.6 is 12.4 Å². The van der Waals surface area contributed by atoms with Crippen molar-refractivity contribution in [2.45, 2.75) is 49.9 Å². The SMILES string of the molecule is Cl.Cn1c(=O)c2c(ncn2[C@@H]2COC3(CCN(C(=O)CCN)CC3)C[C@@]2(C)O)n(C)c1=O. The van der Waals surface area contributed by atoms with E-state index in [9.17, 15) is 19.5 Å². The van der Waals surface area contributed by atoms with Gasteiger partial charge in [0.2, 0.25) is 5.91 Å². The number of nitrogens with zero attached hydrogens (tertiary/aromatic N) is 5. The average Bonchev–Trinajstić information content (AvgIpc) is 3.15. The molecule has 2 aromatic rings. The maximum Gasteiger partial charge on any atom is 0.332 e. The highest BCUT2D eigenvalue weighted by Gasteiger charge is 2.50. The molecule has 0 aliphatic carbocycles. The van der Waals surface area contributed by atoms with Gasteiger partial charge in [-0.15, -0.1) is 12.4 Å². The molecule has 0 unspecified atom stereocenters. The number of hydrogen-bond donors (Lipinski definition) is 2. The molecule has 2 fully saturated rings. The zero-order chi connectivity index (χ0) is 22.6. The maximum absolute atomic E-state index is 12.8. The van der Waals surface area contributed by atoms with Crippen LogP contribution in [0.4, 0.5) is 0 Å². The van der Waals surface area contributed by atoms with Gasteiger partial charge in [-0.3, -0.25) is 18.7 Å². The minimum atomic E-state index is -1.17. The number of ether oxygens (including phenoxy) is 1. The lowest BCUT2D eigenvalue weighted by Gasteiger charge is -2.51. The van der Waals surface area contributed by atoms with Gasteiger partial charge in [-0.2, -0.15) is 0 Å². The Morgan fingerprint density at radius 1 is 1.28 bits per heavy atom. The second-order valence-corrected chi connectivity index (χ2v) is 8.99. The Morgan fingerprint density at radius 2 is 1.94 bits per heavy atom. The number of amides is 1. The lowest BCUT2D eigenvalue weighted by molar-refractivity contribution is -0.196. The Kier molecular flexibility index (Phi) is 6.58. The first kappa shape index (κ1) is 24.4. The van der Waals surface area contributed by atoms with E-state index in [1.165, 1.54) is 17.9 Å². The smallest absolute Gasteiger partial charge is 0.332 e. The molecule has 0 aromatic carbocycles. The van der Waals surface area contributed by atoms with Gasteiger partial charge in [-0.25, -0.2) is 9.78 Å². The van der Waals surface area contributed by atoms with Crippen molar-refractivity contribution in [1.82, 2.24) is 23.6 Å². The number of aliphatic hydroxyl groups is 1. The number of nitrogens with two attached hydrogens (primary N) is 1. The maximum atomic E-state index is 12.8. The predicted octanol–water partition coefficient (Wildman–Crippen LogP) is -0.722. The molecule has 0 bridgehead atoms. The number of carbonyl (C=O) groups is 1. The number of hydrogen-bond acceptors (Lipinski definition) is 7. The highest BCUT2D eigenvalue weighted by molar-refractivity contribution is 5.85. The van der Waals surface area contributed by atoms with Gasteiger partial charge in [0.1, 0.15) is 0 Å². The summed E-state index contributed by atoms with van der Waals surface area (Å²) in [6.07, 6.45) is 3.45. The molecule has 12 heteroatoms. The summed E-state index contributed by atoms with van der Waals surface area (Å²) in [4.78, 5) is 43.2. The van der Waals surface area contributed by atoms with E-state index < -0.39 is 28.5 Å². The van der Waals surface area contributed by atoms with Gasteiger partial charge in [-0.1, -0.05) is 0 Å². The number of rotatable bonds is 3. The van der Waals surface area contributed by atoms with Crippen molar-refractivity contribution in [3.63, 3.8) is 0 Å². The second kappa shape index (κ2) is 8.62. The zero-order valence-electron chi connectivity index (χ0n) is 18.6. The minimum Gasteiger partial charge on any atom is -0.388 e. The van der Waals surface area contributed by atoms with Gasteiger partial charge in [0.25, 0.3) is 5.56 Å². The van der Waals surface area contributed by atoms with Crippen LogP contribution in [-0.4, -0.2) is 72.0 Å². The highest BCUT2D eigenvalue weighted by atomic mass is 35.5. The lowest BCUT2D eigenvalue weighted by Crippen LogP contribution is -2.58. The van der Waals surface area contributed by atoms with Crippen molar-refractivity contribution in [2.24, 2.45) is 19.8 Å². The lowest BCUT2D eigenvalue weighted by atomic mass is 9.75. The molecule has 4 heterocycles. The first-order chi connectivity index (χ1) is 14.6. The van der Waals surface area contributed by atoms with Crippen molar-refractivity contribution in [3.05, 3.63) is 27.2 Å². The fraction of sp³-hybridized carbons (Fsp3) is 0.700. The van der Waals surface area contributed by atoms with Crippen molar-refractivity contribution in [2.75, 3.05) is 26.2 Å². The first-order valence-electron chi connectivity index (χ1n) is 10.6. The number of likely N-dealkylation sites (tertiary alicyclic amines) is 1. The average molecular weight is 471 g/mol. The molecule has 4 rings (SSSR count). The molecular weight excluding hydrogens is 440 g/mol. The summed E-state index contributed by atoms with van der Waals surface area (Å²) in [6, 6.07) is -0.537. The Morgan fingerprint density at radius 3 is 2.53 bits per heavy atom. The topological polar surface area (TPSA) is 138 Å². The molecule has 2 aliphatic rings. The Labute approximate surface area is 191 Å². The van der Waals surface area contributed by atoms with Crippen molar-refractivity contribution >= 4 is 29.5 Å². The minimum absolute atomic E-state index is 0. The molecule has 11 nitrogen and oxygen atoms in total. The number of piperidine rings is 1. The van der Waals surface area contributed by atoms with E-state index in [1.54, 1.807) is 23.4 Å². The fourth-order valence-corrected chi connectivity index (χ4v) is 5.00. The van der Waals surface area contributed by atoms with E-state index in [4.69, 9.17) is 10.5 Å². The molecule has 3 N–H and O–H groups in total. The predicted molar refractivity (Wildman–Crippen MR) is 120 cm³/mol. The Balaban J connectivity index is 0.00000289. The second-order valence-electron chi connectivity index (χ2n) is 8.99. The summed E-state index contributed by atoms with van der Waals surface area (Å²) in [7, 11) is 2.98. The summed E-state index contributed by atoms with van der Waals surface area (Å²) < 4.78 is 10.3. The molecule has 32 heavy (non-hydrogen) atoms. The van der Waals surface area contributed by atoms with Crippen LogP contribution in [0.5, 0.6) is 0 Å². The third-order valence-electron chi connectivity index (χ3n) is 6.84. The van der Waals surface area contributed by atoms with Crippen LogP contribution in [0.2, 0.25) is 0 Å². The molecule has 1 amide bonds. The molecule has 1 spiro atoms. The van der Waals surface area contributed by atoms with Gasteiger partial charge in [0.15, 0.2) is 11.2 Å². The number of halogens is 1. The van der Waals surface area contributed by atoms with Gasteiger partial charge in [-0.05, 0) is 19.8 Å². The quantitative estimate of drug-likeness (QED) is 0.603. The number of imidazole rings is 1. The largest absolute Gasteiger partial charge is 0.388 e. The molecule has 2 saturated heterocycles. The van der Waals surface area contributed by atoms with Gasteiger partial charge in [0, 0.05) is 46.6 Å². The van der Waals surface area contributed by atoms with Crippen LogP contribution in [0.15, 0.2) is 15.9 Å². The van der Waals surface area contributed by atoms with E-state index in [2.05, 4.69) is 4.98 Å². The van der Waals surface area contributed by atoms with Crippen LogP contribution < -0.4 is 17.0 Å². The van der Waals surface area contributed by atoms with Crippen LogP contribution in [0, 0.1) is 0 Å². The van der Waals surface area contributed by atoms with Crippen molar-refractivity contribution < 1.29 is 14.6 Å². The number of carbonyl (C=O) groups excluding carboxylic acids is 1. The van der Waals surface area contributed by atoms with Gasteiger partial charge < -0.3 is 25.0 Å². The van der Waals surface area contributed by atoms with E-state index >= 15 is 0 Å². The van der Waals surface area contributed by atoms with Crippen molar-refractivity contribution in [1.29, 1.82) is 0 Å². The molecule has 0 radical (unpaired) electrons. The normalized spacial score (nSPS) is 25.2. The van der Waals surface area contributed by atoms with E-state index in [-0.39, 0.29) is 36.1 Å². The Bertz CT molecular complexity index is 1130. The number of aromatic nitrogens is 4. The molecule has 2 aliphatic heterocycles. The Hall–Kier alpha value is -2.21. The summed E-state index contributed by atoms with van der Waals surface area (Å²) in [5.41, 5.74) is 3.42. The number of aryl methyl sites for hydroxylation is 1. The highest BCUT2D eigenvalue weighted by Crippen LogP contribution is 2.44.